The molecule has 4 heterocycles. The molecule has 3 aromatic rings. The van der Waals surface area contributed by atoms with Gasteiger partial charge in [0, 0.05) is 50.1 Å². The van der Waals surface area contributed by atoms with E-state index >= 15 is 0 Å². The van der Waals surface area contributed by atoms with Gasteiger partial charge in [0.2, 0.25) is 5.43 Å². The number of rotatable bonds is 6. The Hall–Kier alpha value is -4.81. The molecule has 0 radical (unpaired) electrons. The number of likely N-dealkylation sites (N-methyl/N-ethyl adjacent to an activating group) is 1. The van der Waals surface area contributed by atoms with E-state index in [1.54, 1.807) is 42.3 Å². The van der Waals surface area contributed by atoms with Gasteiger partial charge in [0.15, 0.2) is 17.0 Å². The van der Waals surface area contributed by atoms with Crippen LogP contribution in [0.3, 0.4) is 0 Å². The van der Waals surface area contributed by atoms with E-state index in [0.717, 1.165) is 0 Å². The van der Waals surface area contributed by atoms with Crippen molar-refractivity contribution in [2.24, 2.45) is 0 Å². The number of benzene rings is 2. The number of carbonyl (C=O) groups is 3. The van der Waals surface area contributed by atoms with Gasteiger partial charge in [-0.05, 0) is 25.3 Å². The summed E-state index contributed by atoms with van der Waals surface area (Å²) < 4.78 is 55.4. The van der Waals surface area contributed by atoms with Gasteiger partial charge in [-0.15, -0.1) is 0 Å². The van der Waals surface area contributed by atoms with Crippen LogP contribution in [0.2, 0.25) is 0 Å². The Bertz CT molecular complexity index is 1710. The van der Waals surface area contributed by atoms with Crippen LogP contribution in [-0.2, 0) is 17.9 Å². The number of hydrogen-bond acceptors (Lipinski definition) is 6. The van der Waals surface area contributed by atoms with Gasteiger partial charge >= 0.3 is 6.09 Å². The normalized spacial score (nSPS) is 22.5. The first-order chi connectivity index (χ1) is 21.0. The van der Waals surface area contributed by atoms with Crippen molar-refractivity contribution in [3.63, 3.8) is 0 Å². The largest absolute Gasteiger partial charge is 0.483 e. The fourth-order valence-electron chi connectivity index (χ4n) is 6.22. The molecule has 3 aliphatic rings. The fourth-order valence-corrected chi connectivity index (χ4v) is 6.22. The molecular weight excluding hydrogens is 581 g/mol. The zero-order chi connectivity index (χ0) is 31.3. The number of halogens is 3. The summed E-state index contributed by atoms with van der Waals surface area (Å²) in [5.41, 5.74) is -2.43. The molecule has 2 bridgehead atoms. The molecule has 2 saturated heterocycles. The number of aromatic nitrogens is 1. The van der Waals surface area contributed by atoms with Gasteiger partial charge in [-0.1, -0.05) is 30.3 Å². The number of pyridine rings is 1. The topological polar surface area (TPSA) is 110 Å². The van der Waals surface area contributed by atoms with Crippen LogP contribution in [0.1, 0.15) is 57.8 Å². The maximum Gasteiger partial charge on any atom is 0.410 e. The predicted molar refractivity (Wildman–Crippen MR) is 150 cm³/mol. The highest BCUT2D eigenvalue weighted by molar-refractivity contribution is 5.99. The van der Waals surface area contributed by atoms with Gasteiger partial charge in [0.1, 0.15) is 29.6 Å². The quantitative estimate of drug-likeness (QED) is 0.455. The highest BCUT2D eigenvalue weighted by Gasteiger charge is 2.56. The van der Waals surface area contributed by atoms with Crippen molar-refractivity contribution in [1.82, 2.24) is 19.7 Å². The Morgan fingerprint density at radius 3 is 2.48 bits per heavy atom. The smallest absolute Gasteiger partial charge is 0.410 e. The fraction of sp³-hybridized carbons (Fsp3) is 0.355. The van der Waals surface area contributed by atoms with Crippen molar-refractivity contribution in [2.45, 2.75) is 50.6 Å². The van der Waals surface area contributed by atoms with Crippen molar-refractivity contribution in [1.29, 1.82) is 0 Å². The molecule has 0 aliphatic carbocycles. The highest BCUT2D eigenvalue weighted by atomic mass is 19.1. The van der Waals surface area contributed by atoms with E-state index < -0.39 is 70.1 Å². The molecule has 230 valence electrons. The summed E-state index contributed by atoms with van der Waals surface area (Å²) in [5, 5.41) is 2.33. The van der Waals surface area contributed by atoms with Gasteiger partial charge in [0.25, 0.3) is 11.8 Å². The monoisotopic (exact) mass is 610 g/mol. The van der Waals surface area contributed by atoms with Crippen LogP contribution in [0.4, 0.5) is 18.0 Å². The van der Waals surface area contributed by atoms with Gasteiger partial charge in [-0.2, -0.15) is 0 Å². The van der Waals surface area contributed by atoms with Crippen LogP contribution >= 0.6 is 0 Å². The van der Waals surface area contributed by atoms with E-state index in [1.165, 1.54) is 15.7 Å². The molecule has 1 aromatic heterocycles. The number of carbonyl (C=O) groups excluding carboxylic acids is 3. The van der Waals surface area contributed by atoms with Crippen molar-refractivity contribution in [3.8, 4) is 5.75 Å². The van der Waals surface area contributed by atoms with Crippen LogP contribution < -0.4 is 15.5 Å². The minimum Gasteiger partial charge on any atom is -0.483 e. The zero-order valence-corrected chi connectivity index (χ0v) is 23.9. The SMILES string of the molecule is C[C@H]1CC[C@@]2(CN(C)C(=O)O2)[C@H]2CN1C(=O)c1c(OCc3ccccc3)c(=O)c(C(=O)NCc3c(F)cc(F)cc3F)cn12. The molecule has 2 fully saturated rings. The van der Waals surface area contributed by atoms with E-state index in [4.69, 9.17) is 9.47 Å². The second-order valence-corrected chi connectivity index (χ2v) is 11.4. The molecular formula is C31H29F3N4O6. The summed E-state index contributed by atoms with van der Waals surface area (Å²) in [7, 11) is 1.60. The van der Waals surface area contributed by atoms with Gasteiger partial charge in [0.05, 0.1) is 12.6 Å². The summed E-state index contributed by atoms with van der Waals surface area (Å²) in [4.78, 5) is 57.0. The number of nitrogens with one attached hydrogen (secondary N) is 1. The van der Waals surface area contributed by atoms with E-state index in [-0.39, 0.29) is 37.2 Å². The third-order valence-electron chi connectivity index (χ3n) is 8.60. The molecule has 3 aliphatic heterocycles. The summed E-state index contributed by atoms with van der Waals surface area (Å²) >= 11 is 0. The Balaban J connectivity index is 1.46. The Kier molecular flexibility index (Phi) is 7.34. The van der Waals surface area contributed by atoms with E-state index in [0.29, 0.717) is 30.5 Å². The van der Waals surface area contributed by atoms with E-state index in [9.17, 15) is 32.3 Å². The molecule has 1 N–H and O–H groups in total. The summed E-state index contributed by atoms with van der Waals surface area (Å²) in [6, 6.07) is 8.93. The standard InChI is InChI=1S/C31H29F3N4O6/c1-17-8-9-31(16-36(2)30(42)44-31)24-14-37(17)29(41)25-27(43-15-18-6-4-3-5-7-18)26(39)21(13-38(24)25)28(40)35-12-20-22(33)10-19(32)11-23(20)34/h3-7,10-11,13,17,24H,8-9,12,14-16H2,1-2H3,(H,35,40)/t17-,24+,31+/m0/s1. The van der Waals surface area contributed by atoms with Crippen molar-refractivity contribution < 1.29 is 37.0 Å². The van der Waals surface area contributed by atoms with Crippen molar-refractivity contribution in [3.05, 3.63) is 98.7 Å². The summed E-state index contributed by atoms with van der Waals surface area (Å²) in [6.45, 7) is 1.45. The van der Waals surface area contributed by atoms with Crippen LogP contribution in [0.25, 0.3) is 0 Å². The number of amides is 3. The molecule has 1 spiro atoms. The molecule has 0 saturated carbocycles. The predicted octanol–water partition coefficient (Wildman–Crippen LogP) is 3.77. The van der Waals surface area contributed by atoms with Gasteiger partial charge in [-0.25, -0.2) is 18.0 Å². The van der Waals surface area contributed by atoms with Gasteiger partial charge < -0.3 is 29.2 Å². The lowest BCUT2D eigenvalue weighted by molar-refractivity contribution is -0.00232. The first-order valence-corrected chi connectivity index (χ1v) is 14.1. The lowest BCUT2D eigenvalue weighted by Gasteiger charge is -2.42. The average Bonchev–Trinajstić information content (AvgIpc) is 3.21. The van der Waals surface area contributed by atoms with E-state index in [2.05, 4.69) is 5.32 Å². The number of hydrogen-bond donors (Lipinski definition) is 1. The highest BCUT2D eigenvalue weighted by Crippen LogP contribution is 2.45. The molecule has 3 amide bonds. The average molecular weight is 611 g/mol. The van der Waals surface area contributed by atoms with Crippen molar-refractivity contribution >= 4 is 17.9 Å². The van der Waals surface area contributed by atoms with E-state index in [1.807, 2.05) is 6.92 Å². The maximum absolute atomic E-state index is 14.3. The molecule has 0 unspecified atom stereocenters. The third-order valence-corrected chi connectivity index (χ3v) is 8.60. The number of ether oxygens (including phenoxy) is 2. The minimum absolute atomic E-state index is 0.0897. The Morgan fingerprint density at radius 2 is 1.82 bits per heavy atom. The van der Waals surface area contributed by atoms with Crippen LogP contribution in [0, 0.1) is 17.5 Å². The number of fused-ring (bicyclic) bond motifs is 5. The first-order valence-electron chi connectivity index (χ1n) is 14.1. The molecule has 10 nitrogen and oxygen atoms in total. The maximum atomic E-state index is 14.3. The lowest BCUT2D eigenvalue weighted by atomic mass is 9.88. The molecule has 2 aromatic carbocycles. The minimum atomic E-state index is -1.20. The first kappa shape index (κ1) is 29.3. The van der Waals surface area contributed by atoms with Gasteiger partial charge in [-0.3, -0.25) is 14.4 Å². The molecule has 13 heteroatoms. The second-order valence-electron chi connectivity index (χ2n) is 11.4. The third kappa shape index (κ3) is 4.95. The summed E-state index contributed by atoms with van der Waals surface area (Å²) in [5.74, 6) is -5.38. The van der Waals surface area contributed by atoms with Crippen molar-refractivity contribution in [2.75, 3.05) is 20.1 Å². The molecule has 6 rings (SSSR count). The number of nitrogens with zero attached hydrogens (tertiary/aromatic N) is 3. The van der Waals surface area contributed by atoms with Crippen LogP contribution in [0.15, 0.2) is 53.5 Å². The zero-order valence-electron chi connectivity index (χ0n) is 23.9. The van der Waals surface area contributed by atoms with Crippen LogP contribution in [-0.4, -0.2) is 64.1 Å². The Labute approximate surface area is 250 Å². The lowest BCUT2D eigenvalue weighted by Crippen LogP contribution is -2.53. The summed E-state index contributed by atoms with van der Waals surface area (Å²) in [6.07, 6.45) is 1.61. The second kappa shape index (κ2) is 11.0. The Morgan fingerprint density at radius 1 is 1.11 bits per heavy atom. The van der Waals surface area contributed by atoms with Crippen LogP contribution in [0.5, 0.6) is 5.75 Å². The molecule has 44 heavy (non-hydrogen) atoms. The molecule has 3 atom stereocenters.